The minimum Gasteiger partial charge on any atom is -0.298 e. The van der Waals surface area contributed by atoms with Gasteiger partial charge in [0.15, 0.2) is 6.29 Å². The molecule has 0 atom stereocenters. The lowest BCUT2D eigenvalue weighted by atomic mass is 9.96. The zero-order valence-corrected chi connectivity index (χ0v) is 11.4. The Morgan fingerprint density at radius 1 is 1.32 bits per heavy atom. The molecule has 1 aromatic carbocycles. The van der Waals surface area contributed by atoms with Crippen LogP contribution in [0.3, 0.4) is 0 Å². The maximum Gasteiger partial charge on any atom is 0.150 e. The van der Waals surface area contributed by atoms with E-state index in [0.717, 1.165) is 35.4 Å². The molecule has 0 saturated carbocycles. The Morgan fingerprint density at radius 3 is 2.63 bits per heavy atom. The first-order valence-corrected chi connectivity index (χ1v) is 6.42. The molecule has 0 radical (unpaired) electrons. The topological polar surface area (TPSA) is 34.9 Å². The van der Waals surface area contributed by atoms with E-state index in [1.165, 1.54) is 12.1 Å². The average Bonchev–Trinajstić information content (AvgIpc) is 2.74. The fourth-order valence-electron chi connectivity index (χ4n) is 2.44. The Hall–Kier alpha value is -1.97. The Bertz CT molecular complexity index is 617. The molecule has 19 heavy (non-hydrogen) atoms. The lowest BCUT2D eigenvalue weighted by molar-refractivity contribution is 0.112. The van der Waals surface area contributed by atoms with Crippen molar-refractivity contribution in [2.24, 2.45) is 7.05 Å². The number of aldehydes is 1. The zero-order chi connectivity index (χ0) is 14.0. The summed E-state index contributed by atoms with van der Waals surface area (Å²) in [7, 11) is 1.89. The molecule has 0 aliphatic heterocycles. The number of aromatic nitrogens is 2. The number of hydrogen-bond donors (Lipinski definition) is 0. The number of rotatable bonds is 4. The first-order chi connectivity index (χ1) is 9.12. The number of carbonyl (C=O) groups excluding carboxylic acids is 1. The minimum absolute atomic E-state index is 0.373. The number of aryl methyl sites for hydroxylation is 2. The summed E-state index contributed by atoms with van der Waals surface area (Å²) in [5, 5.41) is 4.48. The summed E-state index contributed by atoms with van der Waals surface area (Å²) in [6.45, 7) is 4.07. The molecule has 4 heteroatoms. The summed E-state index contributed by atoms with van der Waals surface area (Å²) in [6.07, 6.45) is 2.29. The molecule has 0 unspecified atom stereocenters. The van der Waals surface area contributed by atoms with Crippen molar-refractivity contribution in [3.63, 3.8) is 0 Å². The van der Waals surface area contributed by atoms with Crippen LogP contribution in [0, 0.1) is 5.82 Å². The van der Waals surface area contributed by atoms with Crippen LogP contribution >= 0.6 is 0 Å². The monoisotopic (exact) mass is 260 g/mol. The first kappa shape index (κ1) is 13.5. The average molecular weight is 260 g/mol. The zero-order valence-electron chi connectivity index (χ0n) is 11.4. The lowest BCUT2D eigenvalue weighted by Gasteiger charge is -2.08. The molecule has 2 aromatic rings. The minimum atomic E-state index is -0.397. The summed E-state index contributed by atoms with van der Waals surface area (Å²) in [6, 6.07) is 4.32. The molecular weight excluding hydrogens is 243 g/mol. The fourth-order valence-corrected chi connectivity index (χ4v) is 2.44. The Kier molecular flexibility index (Phi) is 3.79. The van der Waals surface area contributed by atoms with Crippen LogP contribution in [0.2, 0.25) is 0 Å². The van der Waals surface area contributed by atoms with Crippen LogP contribution in [0.25, 0.3) is 11.1 Å². The second kappa shape index (κ2) is 5.34. The fraction of sp³-hybridized carbons (Fsp3) is 0.333. The smallest absolute Gasteiger partial charge is 0.150 e. The quantitative estimate of drug-likeness (QED) is 0.791. The largest absolute Gasteiger partial charge is 0.298 e. The molecule has 2 rings (SSSR count). The summed E-state index contributed by atoms with van der Waals surface area (Å²) in [4.78, 5) is 11.2. The van der Waals surface area contributed by atoms with Crippen molar-refractivity contribution in [2.75, 3.05) is 0 Å². The molecular formula is C15H17FN2O. The van der Waals surface area contributed by atoms with Gasteiger partial charge in [-0.2, -0.15) is 5.10 Å². The van der Waals surface area contributed by atoms with Gasteiger partial charge in [0.25, 0.3) is 0 Å². The molecule has 0 aliphatic rings. The van der Waals surface area contributed by atoms with Gasteiger partial charge in [-0.3, -0.25) is 9.48 Å². The van der Waals surface area contributed by atoms with E-state index >= 15 is 0 Å². The Balaban J connectivity index is 2.74. The molecule has 0 N–H and O–H groups in total. The van der Waals surface area contributed by atoms with E-state index in [1.54, 1.807) is 6.07 Å². The first-order valence-electron chi connectivity index (χ1n) is 6.42. The summed E-state index contributed by atoms with van der Waals surface area (Å²) in [5.41, 5.74) is 4.10. The molecule has 0 amide bonds. The lowest BCUT2D eigenvalue weighted by Crippen LogP contribution is -1.98. The Morgan fingerprint density at radius 2 is 2.05 bits per heavy atom. The van der Waals surface area contributed by atoms with Crippen LogP contribution in [0.4, 0.5) is 4.39 Å². The van der Waals surface area contributed by atoms with Crippen molar-refractivity contribution < 1.29 is 9.18 Å². The van der Waals surface area contributed by atoms with Gasteiger partial charge in [-0.15, -0.1) is 0 Å². The molecule has 0 fully saturated rings. The molecule has 0 saturated heterocycles. The van der Waals surface area contributed by atoms with Crippen LogP contribution in [0.15, 0.2) is 18.2 Å². The van der Waals surface area contributed by atoms with Gasteiger partial charge in [0.05, 0.1) is 5.69 Å². The molecule has 100 valence electrons. The van der Waals surface area contributed by atoms with Crippen molar-refractivity contribution in [1.82, 2.24) is 9.78 Å². The van der Waals surface area contributed by atoms with Crippen molar-refractivity contribution in [3.8, 4) is 11.1 Å². The van der Waals surface area contributed by atoms with Crippen molar-refractivity contribution in [2.45, 2.75) is 26.7 Å². The Labute approximate surface area is 112 Å². The third-order valence-electron chi connectivity index (χ3n) is 3.32. The highest BCUT2D eigenvalue weighted by Gasteiger charge is 2.18. The van der Waals surface area contributed by atoms with Crippen LogP contribution in [0.1, 0.15) is 35.6 Å². The predicted octanol–water partition coefficient (Wildman–Crippen LogP) is 3.16. The van der Waals surface area contributed by atoms with Gasteiger partial charge in [-0.05, 0) is 30.5 Å². The molecule has 3 nitrogen and oxygen atoms in total. The second-order valence-electron chi connectivity index (χ2n) is 4.45. The molecule has 1 heterocycles. The third kappa shape index (κ3) is 2.30. The van der Waals surface area contributed by atoms with Gasteiger partial charge < -0.3 is 0 Å². The summed E-state index contributed by atoms with van der Waals surface area (Å²) < 4.78 is 15.1. The van der Waals surface area contributed by atoms with Crippen molar-refractivity contribution in [1.29, 1.82) is 0 Å². The van der Waals surface area contributed by atoms with E-state index in [1.807, 2.05) is 25.6 Å². The maximum absolute atomic E-state index is 13.2. The van der Waals surface area contributed by atoms with Gasteiger partial charge in [-0.25, -0.2) is 4.39 Å². The van der Waals surface area contributed by atoms with E-state index in [2.05, 4.69) is 5.10 Å². The molecule has 0 spiro atoms. The van der Waals surface area contributed by atoms with Gasteiger partial charge in [-0.1, -0.05) is 19.9 Å². The normalized spacial score (nSPS) is 10.7. The van der Waals surface area contributed by atoms with Gasteiger partial charge in [0.1, 0.15) is 5.82 Å². The van der Waals surface area contributed by atoms with Crippen molar-refractivity contribution in [3.05, 3.63) is 41.0 Å². The third-order valence-corrected chi connectivity index (χ3v) is 3.32. The summed E-state index contributed by atoms with van der Waals surface area (Å²) in [5.74, 6) is -0.397. The second-order valence-corrected chi connectivity index (χ2v) is 4.45. The highest BCUT2D eigenvalue weighted by atomic mass is 19.1. The number of nitrogens with zero attached hydrogens (tertiary/aromatic N) is 2. The van der Waals surface area contributed by atoms with Gasteiger partial charge >= 0.3 is 0 Å². The molecule has 0 bridgehead atoms. The maximum atomic E-state index is 13.2. The SMILES string of the molecule is CCc1nn(C)c(CC)c1-c1ccc(F)cc1C=O. The highest BCUT2D eigenvalue weighted by Crippen LogP contribution is 2.31. The standard InChI is InChI=1S/C15H17FN2O/c1-4-13-15(14(5-2)18(3)17-13)12-7-6-11(16)8-10(12)9-19/h6-9H,4-5H2,1-3H3. The summed E-state index contributed by atoms with van der Waals surface area (Å²) >= 11 is 0. The van der Waals surface area contributed by atoms with Gasteiger partial charge in [0.2, 0.25) is 0 Å². The number of carbonyl (C=O) groups is 1. The van der Waals surface area contributed by atoms with E-state index in [0.29, 0.717) is 11.8 Å². The molecule has 0 aliphatic carbocycles. The predicted molar refractivity (Wildman–Crippen MR) is 72.7 cm³/mol. The number of benzene rings is 1. The number of hydrogen-bond acceptors (Lipinski definition) is 2. The van der Waals surface area contributed by atoms with Gasteiger partial charge in [0, 0.05) is 23.9 Å². The van der Waals surface area contributed by atoms with Crippen molar-refractivity contribution >= 4 is 6.29 Å². The van der Waals surface area contributed by atoms with E-state index in [4.69, 9.17) is 0 Å². The van der Waals surface area contributed by atoms with Crippen LogP contribution in [-0.4, -0.2) is 16.1 Å². The number of halogens is 1. The van der Waals surface area contributed by atoms with Crippen LogP contribution < -0.4 is 0 Å². The van der Waals surface area contributed by atoms with E-state index in [-0.39, 0.29) is 0 Å². The highest BCUT2D eigenvalue weighted by molar-refractivity contribution is 5.89. The van der Waals surface area contributed by atoms with Crippen LogP contribution in [-0.2, 0) is 19.9 Å². The van der Waals surface area contributed by atoms with Crippen LogP contribution in [0.5, 0.6) is 0 Å². The van der Waals surface area contributed by atoms with E-state index in [9.17, 15) is 9.18 Å². The molecule has 1 aromatic heterocycles. The van der Waals surface area contributed by atoms with E-state index < -0.39 is 5.82 Å².